The predicted octanol–water partition coefficient (Wildman–Crippen LogP) is 3.12. The maximum Gasteiger partial charge on any atom is 0.202 e. The Hall–Kier alpha value is -1.44. The Labute approximate surface area is 181 Å². The van der Waals surface area contributed by atoms with Crippen LogP contribution < -0.4 is 4.74 Å². The SMILES string of the molecule is CCC/C=C(/CCN(C)C(C)C)c1c(C)cccc1OC1C[C@@H](O)[C@H](O)[C@@H](CO)O1. The molecule has 6 nitrogen and oxygen atoms in total. The minimum Gasteiger partial charge on any atom is -0.464 e. The Morgan fingerprint density at radius 1 is 1.33 bits per heavy atom. The van der Waals surface area contributed by atoms with Gasteiger partial charge in [-0.3, -0.25) is 0 Å². The summed E-state index contributed by atoms with van der Waals surface area (Å²) in [5.41, 5.74) is 3.43. The average molecular weight is 422 g/mol. The predicted molar refractivity (Wildman–Crippen MR) is 119 cm³/mol. The van der Waals surface area contributed by atoms with Crippen molar-refractivity contribution in [2.75, 3.05) is 20.2 Å². The van der Waals surface area contributed by atoms with Crippen molar-refractivity contribution in [1.29, 1.82) is 0 Å². The number of aliphatic hydroxyl groups is 3. The summed E-state index contributed by atoms with van der Waals surface area (Å²) in [5.74, 6) is 0.704. The van der Waals surface area contributed by atoms with Gasteiger partial charge >= 0.3 is 0 Å². The first-order valence-electron chi connectivity index (χ1n) is 11.1. The van der Waals surface area contributed by atoms with Crippen LogP contribution in [0.2, 0.25) is 0 Å². The molecule has 1 aromatic carbocycles. The van der Waals surface area contributed by atoms with Gasteiger partial charge in [-0.25, -0.2) is 0 Å². The summed E-state index contributed by atoms with van der Waals surface area (Å²) < 4.78 is 11.9. The van der Waals surface area contributed by atoms with Crippen molar-refractivity contribution in [1.82, 2.24) is 4.90 Å². The molecule has 0 spiro atoms. The molecule has 1 heterocycles. The number of nitrogens with zero attached hydrogens (tertiary/aromatic N) is 1. The van der Waals surface area contributed by atoms with Gasteiger partial charge in [0.1, 0.15) is 18.0 Å². The van der Waals surface area contributed by atoms with Crippen LogP contribution in [0.15, 0.2) is 24.3 Å². The smallest absolute Gasteiger partial charge is 0.202 e. The van der Waals surface area contributed by atoms with Crippen LogP contribution in [0.5, 0.6) is 5.75 Å². The molecule has 6 heteroatoms. The molecule has 0 radical (unpaired) electrons. The van der Waals surface area contributed by atoms with Crippen LogP contribution in [0.25, 0.3) is 5.57 Å². The Bertz CT molecular complexity index is 690. The molecule has 3 N–H and O–H groups in total. The van der Waals surface area contributed by atoms with Gasteiger partial charge in [0.15, 0.2) is 0 Å². The fourth-order valence-corrected chi connectivity index (χ4v) is 3.64. The van der Waals surface area contributed by atoms with Gasteiger partial charge < -0.3 is 29.7 Å². The number of rotatable bonds is 10. The fourth-order valence-electron chi connectivity index (χ4n) is 3.64. The molecule has 0 aliphatic carbocycles. The van der Waals surface area contributed by atoms with Crippen molar-refractivity contribution < 1.29 is 24.8 Å². The molecule has 1 fully saturated rings. The van der Waals surface area contributed by atoms with Gasteiger partial charge in [-0.1, -0.05) is 31.6 Å². The van der Waals surface area contributed by atoms with Gasteiger partial charge in [-0.15, -0.1) is 0 Å². The lowest BCUT2D eigenvalue weighted by atomic mass is 9.95. The zero-order valence-corrected chi connectivity index (χ0v) is 19.0. The lowest BCUT2D eigenvalue weighted by Gasteiger charge is -2.36. The van der Waals surface area contributed by atoms with E-state index in [9.17, 15) is 15.3 Å². The van der Waals surface area contributed by atoms with Crippen LogP contribution in [-0.4, -0.2) is 71.1 Å². The molecule has 0 saturated carbocycles. The first-order chi connectivity index (χ1) is 14.3. The average Bonchev–Trinajstić information content (AvgIpc) is 2.71. The van der Waals surface area contributed by atoms with E-state index in [0.29, 0.717) is 11.8 Å². The van der Waals surface area contributed by atoms with Crippen molar-refractivity contribution in [3.05, 3.63) is 35.4 Å². The maximum atomic E-state index is 10.1. The van der Waals surface area contributed by atoms with Gasteiger partial charge in [0.05, 0.1) is 12.7 Å². The lowest BCUT2D eigenvalue weighted by Crippen LogP contribution is -2.51. The summed E-state index contributed by atoms with van der Waals surface area (Å²) in [4.78, 5) is 2.33. The topological polar surface area (TPSA) is 82.4 Å². The molecule has 1 aliphatic heterocycles. The maximum absolute atomic E-state index is 10.1. The number of benzene rings is 1. The van der Waals surface area contributed by atoms with E-state index in [0.717, 1.165) is 36.9 Å². The third kappa shape index (κ3) is 6.53. The summed E-state index contributed by atoms with van der Waals surface area (Å²) in [7, 11) is 2.13. The highest BCUT2D eigenvalue weighted by molar-refractivity contribution is 5.73. The van der Waals surface area contributed by atoms with Crippen LogP contribution in [0.3, 0.4) is 0 Å². The molecule has 170 valence electrons. The molecule has 30 heavy (non-hydrogen) atoms. The van der Waals surface area contributed by atoms with E-state index in [-0.39, 0.29) is 13.0 Å². The Morgan fingerprint density at radius 2 is 2.07 bits per heavy atom. The third-order valence-electron chi connectivity index (χ3n) is 5.82. The van der Waals surface area contributed by atoms with Crippen LogP contribution >= 0.6 is 0 Å². The van der Waals surface area contributed by atoms with E-state index >= 15 is 0 Å². The summed E-state index contributed by atoms with van der Waals surface area (Å²) in [6.45, 7) is 9.19. The molecule has 1 aromatic rings. The molecule has 0 amide bonds. The Kier molecular flexibility index (Phi) is 9.78. The number of hydrogen-bond donors (Lipinski definition) is 3. The molecular formula is C24H39NO5. The van der Waals surface area contributed by atoms with Crippen LogP contribution in [0.4, 0.5) is 0 Å². The number of aryl methyl sites for hydroxylation is 1. The van der Waals surface area contributed by atoms with E-state index < -0.39 is 24.6 Å². The lowest BCUT2D eigenvalue weighted by molar-refractivity contribution is -0.230. The number of hydrogen-bond acceptors (Lipinski definition) is 6. The third-order valence-corrected chi connectivity index (χ3v) is 5.82. The molecule has 1 unspecified atom stereocenters. The van der Waals surface area contributed by atoms with Gasteiger partial charge in [-0.05, 0) is 57.9 Å². The van der Waals surface area contributed by atoms with E-state index in [4.69, 9.17) is 9.47 Å². The van der Waals surface area contributed by atoms with E-state index in [2.05, 4.69) is 51.8 Å². The second-order valence-corrected chi connectivity index (χ2v) is 8.49. The number of unbranched alkanes of at least 4 members (excludes halogenated alkanes) is 1. The highest BCUT2D eigenvalue weighted by atomic mass is 16.7. The van der Waals surface area contributed by atoms with Crippen LogP contribution in [0.1, 0.15) is 57.6 Å². The molecule has 4 atom stereocenters. The van der Waals surface area contributed by atoms with Gasteiger partial charge in [-0.2, -0.15) is 0 Å². The zero-order valence-electron chi connectivity index (χ0n) is 19.0. The van der Waals surface area contributed by atoms with Crippen molar-refractivity contribution in [3.63, 3.8) is 0 Å². The van der Waals surface area contributed by atoms with Crippen molar-refractivity contribution >= 4 is 5.57 Å². The Balaban J connectivity index is 2.28. The van der Waals surface area contributed by atoms with Gasteiger partial charge in [0.2, 0.25) is 6.29 Å². The van der Waals surface area contributed by atoms with Crippen LogP contribution in [-0.2, 0) is 4.74 Å². The fraction of sp³-hybridized carbons (Fsp3) is 0.667. The highest BCUT2D eigenvalue weighted by Crippen LogP contribution is 2.34. The monoisotopic (exact) mass is 421 g/mol. The van der Waals surface area contributed by atoms with E-state index in [1.54, 1.807) is 0 Å². The summed E-state index contributed by atoms with van der Waals surface area (Å²) in [6.07, 6.45) is 1.71. The van der Waals surface area contributed by atoms with Gasteiger partial charge in [0, 0.05) is 24.6 Å². The second kappa shape index (κ2) is 11.8. The largest absolute Gasteiger partial charge is 0.464 e. The minimum atomic E-state index is -1.11. The Morgan fingerprint density at radius 3 is 2.70 bits per heavy atom. The van der Waals surface area contributed by atoms with Crippen molar-refractivity contribution in [2.45, 2.75) is 84.0 Å². The number of aliphatic hydroxyl groups excluding tert-OH is 3. The molecule has 1 saturated heterocycles. The molecule has 2 rings (SSSR count). The number of allylic oxidation sites excluding steroid dienone is 1. The second-order valence-electron chi connectivity index (χ2n) is 8.49. The highest BCUT2D eigenvalue weighted by Gasteiger charge is 2.37. The van der Waals surface area contributed by atoms with Gasteiger partial charge in [0.25, 0.3) is 0 Å². The van der Waals surface area contributed by atoms with Crippen molar-refractivity contribution in [3.8, 4) is 5.75 Å². The molecule has 1 aliphatic rings. The zero-order chi connectivity index (χ0) is 22.3. The van der Waals surface area contributed by atoms with Crippen LogP contribution in [0, 0.1) is 6.92 Å². The standard InChI is InChI=1S/C24H39NO5/c1-6-7-10-18(12-13-25(5)16(2)3)23-17(4)9-8-11-20(23)29-22-14-19(27)24(28)21(15-26)30-22/h8-11,16,19,21-22,24,26-28H,6-7,12-15H2,1-5H3/b18-10-/t19-,21-,22?,24+/m1/s1. The normalized spacial score (nSPS) is 25.2. The molecular weight excluding hydrogens is 382 g/mol. The molecule has 0 aromatic heterocycles. The number of ether oxygens (including phenoxy) is 2. The van der Waals surface area contributed by atoms with E-state index in [1.807, 2.05) is 12.1 Å². The van der Waals surface area contributed by atoms with Crippen molar-refractivity contribution in [2.24, 2.45) is 0 Å². The first kappa shape index (κ1) is 24.8. The van der Waals surface area contributed by atoms with E-state index in [1.165, 1.54) is 5.57 Å². The molecule has 0 bridgehead atoms. The quantitative estimate of drug-likeness (QED) is 0.539. The summed E-state index contributed by atoms with van der Waals surface area (Å²) in [6, 6.07) is 6.42. The summed E-state index contributed by atoms with van der Waals surface area (Å²) >= 11 is 0. The minimum absolute atomic E-state index is 0.148. The first-order valence-corrected chi connectivity index (χ1v) is 11.1. The summed E-state index contributed by atoms with van der Waals surface area (Å²) in [5, 5.41) is 29.6.